The molecule has 2 saturated heterocycles. The molecule has 0 bridgehead atoms. The van der Waals surface area contributed by atoms with Crippen molar-refractivity contribution in [2.75, 3.05) is 82.7 Å². The van der Waals surface area contributed by atoms with E-state index in [-0.39, 0.29) is 0 Å². The number of hydrogen-bond donors (Lipinski definition) is 0. The third-order valence-corrected chi connectivity index (χ3v) is 5.66. The summed E-state index contributed by atoms with van der Waals surface area (Å²) in [6.45, 7) is 10.2. The lowest BCUT2D eigenvalue weighted by molar-refractivity contribution is 0.0320. The van der Waals surface area contributed by atoms with Crippen LogP contribution in [0, 0.1) is 6.92 Å². The van der Waals surface area contributed by atoms with Crippen LogP contribution in [0.5, 0.6) is 5.88 Å². The molecule has 0 unspecified atom stereocenters. The minimum atomic E-state index is 0.593. The topological polar surface area (TPSA) is 62.7 Å². The molecule has 2 aliphatic rings. The van der Waals surface area contributed by atoms with Gasteiger partial charge in [0.25, 0.3) is 0 Å². The summed E-state index contributed by atoms with van der Waals surface area (Å²) in [6.07, 6.45) is 1.86. The summed E-state index contributed by atoms with van der Waals surface area (Å²) >= 11 is 0. The van der Waals surface area contributed by atoms with Crippen LogP contribution in [-0.4, -0.2) is 88.9 Å². The van der Waals surface area contributed by atoms with Gasteiger partial charge in [0.1, 0.15) is 6.61 Å². The summed E-state index contributed by atoms with van der Waals surface area (Å²) in [5.41, 5.74) is 3.35. The molecular weight excluding hydrogens is 406 g/mol. The fourth-order valence-electron chi connectivity index (χ4n) is 3.79. The molecule has 32 heavy (non-hydrogen) atoms. The molecule has 8 nitrogen and oxygen atoms in total. The van der Waals surface area contributed by atoms with Crippen molar-refractivity contribution in [3.63, 3.8) is 0 Å². The summed E-state index contributed by atoms with van der Waals surface area (Å²) in [6, 6.07) is 12.3. The van der Waals surface area contributed by atoms with E-state index in [1.165, 1.54) is 5.56 Å². The summed E-state index contributed by atoms with van der Waals surface area (Å²) < 4.78 is 17.0. The first-order valence-corrected chi connectivity index (χ1v) is 11.3. The third kappa shape index (κ3) is 6.41. The van der Waals surface area contributed by atoms with E-state index in [1.54, 1.807) is 5.01 Å². The van der Waals surface area contributed by atoms with Crippen LogP contribution in [0.1, 0.15) is 11.1 Å². The van der Waals surface area contributed by atoms with Gasteiger partial charge in [0, 0.05) is 57.6 Å². The molecule has 1 aromatic carbocycles. The highest BCUT2D eigenvalue weighted by molar-refractivity contribution is 5.80. The van der Waals surface area contributed by atoms with Gasteiger partial charge in [-0.2, -0.15) is 10.1 Å². The molecule has 2 aliphatic heterocycles. The number of ether oxygens (including phenoxy) is 3. The minimum absolute atomic E-state index is 0.593. The van der Waals surface area contributed by atoms with Crippen molar-refractivity contribution in [3.05, 3.63) is 47.5 Å². The number of morpholine rings is 2. The predicted octanol–water partition coefficient (Wildman–Crippen LogP) is 2.41. The summed E-state index contributed by atoms with van der Waals surface area (Å²) in [7, 11) is 1.91. The number of hydrazone groups is 1. The molecule has 0 atom stereocenters. The Morgan fingerprint density at radius 1 is 1.06 bits per heavy atom. The number of pyridine rings is 1. The molecule has 0 saturated carbocycles. The van der Waals surface area contributed by atoms with Crippen LogP contribution in [0.2, 0.25) is 0 Å². The predicted molar refractivity (Wildman–Crippen MR) is 127 cm³/mol. The lowest BCUT2D eigenvalue weighted by atomic mass is 10.2. The standard InChI is InChI=1S/C24H33N5O3/c1-20-4-3-5-21(16-20)19-25-27(2)23-17-22(29-9-13-31-14-10-29)18-24(26-23)32-15-8-28-6-11-30-12-7-28/h3-5,16-19H,6-15H2,1-2H3/b25-19+. The van der Waals surface area contributed by atoms with Crippen molar-refractivity contribution in [2.24, 2.45) is 5.10 Å². The van der Waals surface area contributed by atoms with Crippen LogP contribution in [0.4, 0.5) is 11.5 Å². The van der Waals surface area contributed by atoms with Crippen LogP contribution in [0.15, 0.2) is 41.5 Å². The normalized spacial score (nSPS) is 17.6. The lowest BCUT2D eigenvalue weighted by Crippen LogP contribution is -2.38. The number of anilines is 2. The molecule has 0 aliphatic carbocycles. The van der Waals surface area contributed by atoms with Gasteiger partial charge in [0.05, 0.1) is 32.6 Å². The third-order valence-electron chi connectivity index (χ3n) is 5.66. The molecule has 0 radical (unpaired) electrons. The Balaban J connectivity index is 1.48. The Bertz CT molecular complexity index is 895. The zero-order valence-corrected chi connectivity index (χ0v) is 19.1. The molecular formula is C24H33N5O3. The highest BCUT2D eigenvalue weighted by atomic mass is 16.5. The number of rotatable bonds is 8. The number of benzene rings is 1. The van der Waals surface area contributed by atoms with E-state index in [0.717, 1.165) is 76.2 Å². The highest BCUT2D eigenvalue weighted by Crippen LogP contribution is 2.26. The smallest absolute Gasteiger partial charge is 0.217 e. The van der Waals surface area contributed by atoms with E-state index in [1.807, 2.05) is 31.5 Å². The summed E-state index contributed by atoms with van der Waals surface area (Å²) in [5.74, 6) is 1.37. The quantitative estimate of drug-likeness (QED) is 0.462. The van der Waals surface area contributed by atoms with Gasteiger partial charge < -0.3 is 19.1 Å². The van der Waals surface area contributed by atoms with Gasteiger partial charge >= 0.3 is 0 Å². The van der Waals surface area contributed by atoms with Gasteiger partial charge in [-0.15, -0.1) is 0 Å². The molecule has 8 heteroatoms. The first kappa shape index (κ1) is 22.5. The molecule has 0 spiro atoms. The second kappa shape index (κ2) is 11.3. The van der Waals surface area contributed by atoms with Gasteiger partial charge in [-0.1, -0.05) is 29.8 Å². The van der Waals surface area contributed by atoms with E-state index in [9.17, 15) is 0 Å². The van der Waals surface area contributed by atoms with Crippen LogP contribution in [0.3, 0.4) is 0 Å². The zero-order valence-electron chi connectivity index (χ0n) is 19.1. The first-order valence-electron chi connectivity index (χ1n) is 11.3. The van der Waals surface area contributed by atoms with E-state index in [2.05, 4.69) is 40.0 Å². The van der Waals surface area contributed by atoms with E-state index in [4.69, 9.17) is 19.2 Å². The van der Waals surface area contributed by atoms with Gasteiger partial charge in [0.2, 0.25) is 5.88 Å². The van der Waals surface area contributed by atoms with Gasteiger partial charge in [0.15, 0.2) is 5.82 Å². The van der Waals surface area contributed by atoms with Crippen LogP contribution in [-0.2, 0) is 9.47 Å². The highest BCUT2D eigenvalue weighted by Gasteiger charge is 2.16. The Kier molecular flexibility index (Phi) is 7.92. The van der Waals surface area contributed by atoms with Gasteiger partial charge in [-0.05, 0) is 12.5 Å². The fourth-order valence-corrected chi connectivity index (χ4v) is 3.79. The van der Waals surface area contributed by atoms with Gasteiger partial charge in [-0.3, -0.25) is 9.91 Å². The second-order valence-corrected chi connectivity index (χ2v) is 8.11. The maximum atomic E-state index is 6.08. The molecule has 2 aromatic rings. The van der Waals surface area contributed by atoms with Crippen molar-refractivity contribution < 1.29 is 14.2 Å². The summed E-state index contributed by atoms with van der Waals surface area (Å²) in [4.78, 5) is 9.39. The Morgan fingerprint density at radius 3 is 2.56 bits per heavy atom. The lowest BCUT2D eigenvalue weighted by Gasteiger charge is -2.30. The molecule has 1 aromatic heterocycles. The fraction of sp³-hybridized carbons (Fsp3) is 0.500. The maximum absolute atomic E-state index is 6.08. The second-order valence-electron chi connectivity index (χ2n) is 8.11. The van der Waals surface area contributed by atoms with E-state index in [0.29, 0.717) is 12.5 Å². The van der Waals surface area contributed by atoms with Crippen molar-refractivity contribution in [3.8, 4) is 5.88 Å². The maximum Gasteiger partial charge on any atom is 0.217 e. The largest absolute Gasteiger partial charge is 0.476 e. The molecule has 2 fully saturated rings. The van der Waals surface area contributed by atoms with Crippen molar-refractivity contribution in [1.82, 2.24) is 9.88 Å². The monoisotopic (exact) mass is 439 g/mol. The average Bonchev–Trinajstić information content (AvgIpc) is 2.84. The average molecular weight is 440 g/mol. The van der Waals surface area contributed by atoms with E-state index >= 15 is 0 Å². The first-order chi connectivity index (χ1) is 15.7. The van der Waals surface area contributed by atoms with Crippen molar-refractivity contribution in [2.45, 2.75) is 6.92 Å². The minimum Gasteiger partial charge on any atom is -0.476 e. The van der Waals surface area contributed by atoms with Crippen LogP contribution >= 0.6 is 0 Å². The zero-order chi connectivity index (χ0) is 22.2. The molecule has 0 amide bonds. The number of aromatic nitrogens is 1. The van der Waals surface area contributed by atoms with Gasteiger partial charge in [-0.25, -0.2) is 0 Å². The number of hydrogen-bond acceptors (Lipinski definition) is 8. The Hall–Kier alpha value is -2.68. The molecule has 4 rings (SSSR count). The number of aryl methyl sites for hydroxylation is 1. The number of nitrogens with zero attached hydrogens (tertiary/aromatic N) is 5. The van der Waals surface area contributed by atoms with Crippen LogP contribution < -0.4 is 14.6 Å². The van der Waals surface area contributed by atoms with Crippen molar-refractivity contribution >= 4 is 17.7 Å². The Labute approximate surface area is 190 Å². The SMILES string of the molecule is Cc1cccc(/C=N/N(C)c2cc(N3CCOCC3)cc(OCCN3CCOCC3)n2)c1. The van der Waals surface area contributed by atoms with E-state index < -0.39 is 0 Å². The molecule has 3 heterocycles. The summed E-state index contributed by atoms with van der Waals surface area (Å²) in [5, 5.41) is 6.40. The van der Waals surface area contributed by atoms with Crippen LogP contribution in [0.25, 0.3) is 0 Å². The molecule has 0 N–H and O–H groups in total. The molecule has 172 valence electrons. The Morgan fingerprint density at radius 2 is 1.81 bits per heavy atom. The van der Waals surface area contributed by atoms with Crippen molar-refractivity contribution in [1.29, 1.82) is 0 Å².